The van der Waals surface area contributed by atoms with Crippen LogP contribution in [0.5, 0.6) is 0 Å². The first-order valence-electron chi connectivity index (χ1n) is 6.85. The van der Waals surface area contributed by atoms with E-state index in [9.17, 15) is 18.3 Å². The van der Waals surface area contributed by atoms with Gasteiger partial charge in [0, 0.05) is 0 Å². The van der Waals surface area contributed by atoms with Crippen molar-refractivity contribution in [2.24, 2.45) is 5.73 Å². The molecule has 0 aliphatic carbocycles. The van der Waals surface area contributed by atoms with Gasteiger partial charge in [-0.3, -0.25) is 0 Å². The zero-order valence-corrected chi connectivity index (χ0v) is 13.2. The minimum atomic E-state index is -4.30. The Morgan fingerprint density at radius 2 is 1.65 bits per heavy atom. The molecule has 0 spiro atoms. The third-order valence-corrected chi connectivity index (χ3v) is 4.50. The standard InChI is InChI=1S/C16H17NO5S/c1-11-7-9-13(10-8-11)23(20,21)22-16(19)15(18)14(17)12-5-3-2-4-6-12/h2-10,14-15,18H,17H2,1H3. The lowest BCUT2D eigenvalue weighted by Crippen LogP contribution is -2.36. The van der Waals surface area contributed by atoms with Gasteiger partial charge < -0.3 is 15.0 Å². The van der Waals surface area contributed by atoms with Crippen LogP contribution in [-0.4, -0.2) is 25.6 Å². The van der Waals surface area contributed by atoms with Crippen LogP contribution in [0, 0.1) is 6.92 Å². The summed E-state index contributed by atoms with van der Waals surface area (Å²) in [4.78, 5) is 11.7. The van der Waals surface area contributed by atoms with Crippen molar-refractivity contribution in [3.05, 3.63) is 65.7 Å². The number of aryl methyl sites for hydroxylation is 1. The van der Waals surface area contributed by atoms with Crippen LogP contribution < -0.4 is 5.73 Å². The molecule has 0 bridgehead atoms. The highest BCUT2D eigenvalue weighted by molar-refractivity contribution is 7.87. The van der Waals surface area contributed by atoms with E-state index < -0.39 is 28.2 Å². The number of nitrogens with two attached hydrogens (primary N) is 1. The fourth-order valence-electron chi connectivity index (χ4n) is 1.91. The van der Waals surface area contributed by atoms with E-state index >= 15 is 0 Å². The second-order valence-electron chi connectivity index (χ2n) is 5.05. The molecule has 0 saturated heterocycles. The summed E-state index contributed by atoms with van der Waals surface area (Å²) in [6, 6.07) is 13.1. The van der Waals surface area contributed by atoms with Crippen LogP contribution in [0.2, 0.25) is 0 Å². The van der Waals surface area contributed by atoms with E-state index in [1.165, 1.54) is 12.1 Å². The van der Waals surface area contributed by atoms with Crippen molar-refractivity contribution in [2.45, 2.75) is 24.0 Å². The molecule has 23 heavy (non-hydrogen) atoms. The Balaban J connectivity index is 2.13. The summed E-state index contributed by atoms with van der Waals surface area (Å²) >= 11 is 0. The van der Waals surface area contributed by atoms with Gasteiger partial charge in [-0.1, -0.05) is 48.0 Å². The van der Waals surface area contributed by atoms with Gasteiger partial charge in [-0.2, -0.15) is 8.42 Å². The lowest BCUT2D eigenvalue weighted by molar-refractivity contribution is -0.144. The predicted molar refractivity (Wildman–Crippen MR) is 83.8 cm³/mol. The summed E-state index contributed by atoms with van der Waals surface area (Å²) in [5, 5.41) is 9.93. The fourth-order valence-corrected chi connectivity index (χ4v) is 2.80. The first kappa shape index (κ1) is 17.1. The maximum atomic E-state index is 12.0. The van der Waals surface area contributed by atoms with E-state index in [1.54, 1.807) is 49.4 Å². The molecule has 0 saturated carbocycles. The highest BCUT2D eigenvalue weighted by Gasteiger charge is 2.30. The summed E-state index contributed by atoms with van der Waals surface area (Å²) in [6.07, 6.45) is -1.79. The van der Waals surface area contributed by atoms with Crippen LogP contribution in [0.25, 0.3) is 0 Å². The normalized spacial score (nSPS) is 14.0. The third kappa shape index (κ3) is 4.16. The number of hydrogen-bond donors (Lipinski definition) is 2. The van der Waals surface area contributed by atoms with E-state index in [4.69, 9.17) is 5.73 Å². The number of hydrogen-bond acceptors (Lipinski definition) is 6. The predicted octanol–water partition coefficient (Wildman–Crippen LogP) is 1.29. The second kappa shape index (κ2) is 6.91. The first-order chi connectivity index (χ1) is 10.8. The smallest absolute Gasteiger partial charge is 0.352 e. The van der Waals surface area contributed by atoms with Crippen molar-refractivity contribution in [1.29, 1.82) is 0 Å². The van der Waals surface area contributed by atoms with Crippen molar-refractivity contribution in [3.8, 4) is 0 Å². The molecule has 2 aromatic rings. The van der Waals surface area contributed by atoms with Crippen molar-refractivity contribution >= 4 is 16.1 Å². The largest absolute Gasteiger partial charge is 0.380 e. The van der Waals surface area contributed by atoms with Crippen molar-refractivity contribution < 1.29 is 22.5 Å². The first-order valence-corrected chi connectivity index (χ1v) is 8.25. The minimum Gasteiger partial charge on any atom is -0.380 e. The number of aliphatic hydroxyl groups excluding tert-OH is 1. The SMILES string of the molecule is Cc1ccc(S(=O)(=O)OC(=O)C(O)C(N)c2ccccc2)cc1. The number of rotatable bonds is 5. The van der Waals surface area contributed by atoms with Crippen molar-refractivity contribution in [2.75, 3.05) is 0 Å². The molecule has 2 atom stereocenters. The van der Waals surface area contributed by atoms with Crippen LogP contribution in [0.15, 0.2) is 59.5 Å². The van der Waals surface area contributed by atoms with Crippen LogP contribution in [0.4, 0.5) is 0 Å². The molecule has 7 heteroatoms. The number of aliphatic hydroxyl groups is 1. The summed E-state index contributed by atoms with van der Waals surface area (Å²) < 4.78 is 28.5. The molecule has 0 radical (unpaired) electrons. The Morgan fingerprint density at radius 3 is 2.22 bits per heavy atom. The summed E-state index contributed by atoms with van der Waals surface area (Å²) in [5.41, 5.74) is 7.12. The molecule has 0 heterocycles. The van der Waals surface area contributed by atoms with Gasteiger partial charge in [-0.05, 0) is 24.6 Å². The van der Waals surface area contributed by atoms with Gasteiger partial charge in [0.05, 0.1) is 6.04 Å². The molecule has 3 N–H and O–H groups in total. The molecule has 0 fully saturated rings. The average Bonchev–Trinajstić information content (AvgIpc) is 2.54. The topological polar surface area (TPSA) is 107 Å². The number of carbonyl (C=O) groups excluding carboxylic acids is 1. The number of benzene rings is 2. The lowest BCUT2D eigenvalue weighted by Gasteiger charge is -2.17. The van der Waals surface area contributed by atoms with Gasteiger partial charge in [-0.25, -0.2) is 4.79 Å². The molecular formula is C16H17NO5S. The highest BCUT2D eigenvalue weighted by atomic mass is 32.2. The lowest BCUT2D eigenvalue weighted by atomic mass is 10.0. The van der Waals surface area contributed by atoms with Crippen LogP contribution in [0.3, 0.4) is 0 Å². The Labute approximate surface area is 134 Å². The van der Waals surface area contributed by atoms with Gasteiger partial charge in [0.2, 0.25) is 0 Å². The molecule has 0 aliphatic heterocycles. The number of carbonyl (C=O) groups is 1. The second-order valence-corrected chi connectivity index (χ2v) is 6.60. The van der Waals surface area contributed by atoms with E-state index in [-0.39, 0.29) is 4.90 Å². The Bertz CT molecular complexity index is 772. The summed E-state index contributed by atoms with van der Waals surface area (Å²) in [5.74, 6) is -1.32. The summed E-state index contributed by atoms with van der Waals surface area (Å²) in [7, 11) is -4.30. The minimum absolute atomic E-state index is 0.170. The van der Waals surface area contributed by atoms with Crippen LogP contribution in [0.1, 0.15) is 17.2 Å². The highest BCUT2D eigenvalue weighted by Crippen LogP contribution is 2.18. The van der Waals surface area contributed by atoms with Gasteiger partial charge in [0.25, 0.3) is 0 Å². The zero-order chi connectivity index (χ0) is 17.0. The van der Waals surface area contributed by atoms with Crippen molar-refractivity contribution in [1.82, 2.24) is 0 Å². The van der Waals surface area contributed by atoms with E-state index in [0.717, 1.165) is 5.56 Å². The Hall–Kier alpha value is -2.22. The van der Waals surface area contributed by atoms with Crippen molar-refractivity contribution in [3.63, 3.8) is 0 Å². The van der Waals surface area contributed by atoms with Crippen LogP contribution >= 0.6 is 0 Å². The maximum absolute atomic E-state index is 12.0. The molecule has 2 unspecified atom stereocenters. The molecule has 0 amide bonds. The molecule has 2 aromatic carbocycles. The maximum Gasteiger partial charge on any atom is 0.352 e. The molecule has 6 nitrogen and oxygen atoms in total. The monoisotopic (exact) mass is 335 g/mol. The average molecular weight is 335 g/mol. The van der Waals surface area contributed by atoms with Gasteiger partial charge >= 0.3 is 16.1 Å². The third-order valence-electron chi connectivity index (χ3n) is 3.27. The summed E-state index contributed by atoms with van der Waals surface area (Å²) in [6.45, 7) is 1.80. The van der Waals surface area contributed by atoms with Gasteiger partial charge in [0.1, 0.15) is 4.90 Å². The molecule has 2 rings (SSSR count). The molecule has 0 aromatic heterocycles. The molecular weight excluding hydrogens is 318 g/mol. The molecule has 122 valence electrons. The Morgan fingerprint density at radius 1 is 1.09 bits per heavy atom. The van der Waals surface area contributed by atoms with E-state index in [1.807, 2.05) is 0 Å². The quantitative estimate of drug-likeness (QED) is 0.797. The zero-order valence-electron chi connectivity index (χ0n) is 12.4. The van der Waals surface area contributed by atoms with E-state index in [2.05, 4.69) is 4.18 Å². The van der Waals surface area contributed by atoms with Crippen LogP contribution in [-0.2, 0) is 19.1 Å². The fraction of sp³-hybridized carbons (Fsp3) is 0.188. The Kier molecular flexibility index (Phi) is 5.15. The van der Waals surface area contributed by atoms with E-state index in [0.29, 0.717) is 5.56 Å². The molecule has 0 aliphatic rings. The van der Waals surface area contributed by atoms with Gasteiger partial charge in [0.15, 0.2) is 6.10 Å². The van der Waals surface area contributed by atoms with Gasteiger partial charge in [-0.15, -0.1) is 0 Å².